The Hall–Kier alpha value is -3.26. The van der Waals surface area contributed by atoms with Crippen LogP contribution in [0, 0.1) is 6.92 Å². The first-order chi connectivity index (χ1) is 24.4. The van der Waals surface area contributed by atoms with Crippen LogP contribution in [0.15, 0.2) is 47.5 Å². The Labute approximate surface area is 313 Å². The summed E-state index contributed by atoms with van der Waals surface area (Å²) in [7, 11) is -5.32. The van der Waals surface area contributed by atoms with Crippen LogP contribution in [0.4, 0.5) is 23.1 Å². The second kappa shape index (κ2) is 17.7. The van der Waals surface area contributed by atoms with Crippen molar-refractivity contribution >= 4 is 58.0 Å². The largest absolute Gasteiger partial charge is 0.489 e. The minimum Gasteiger partial charge on any atom is -0.489 e. The molecule has 0 aliphatic carbocycles. The number of hydrogen-bond acceptors (Lipinski definition) is 11. The molecular formula is C36H52ClN6O7PS. The lowest BCUT2D eigenvalue weighted by molar-refractivity contribution is -0.149. The number of sulfone groups is 1. The first-order valence-electron chi connectivity index (χ1n) is 17.5. The van der Waals surface area contributed by atoms with Gasteiger partial charge >= 0.3 is 5.97 Å². The number of aromatic nitrogens is 2. The van der Waals surface area contributed by atoms with Gasteiger partial charge in [0.1, 0.15) is 23.2 Å². The van der Waals surface area contributed by atoms with Crippen LogP contribution in [0.1, 0.15) is 78.4 Å². The third-order valence-corrected chi connectivity index (χ3v) is 13.8. The van der Waals surface area contributed by atoms with Gasteiger partial charge in [0.2, 0.25) is 13.4 Å². The zero-order chi connectivity index (χ0) is 38.4. The van der Waals surface area contributed by atoms with Gasteiger partial charge in [-0.3, -0.25) is 9.36 Å². The number of aryl methyl sites for hydroxylation is 1. The molecule has 13 nitrogen and oxygen atoms in total. The summed E-state index contributed by atoms with van der Waals surface area (Å²) >= 11 is 6.48. The predicted octanol–water partition coefficient (Wildman–Crippen LogP) is 7.80. The van der Waals surface area contributed by atoms with Gasteiger partial charge in [-0.1, -0.05) is 23.7 Å². The summed E-state index contributed by atoms with van der Waals surface area (Å²) in [5, 5.41) is 9.00. The highest BCUT2D eigenvalue weighted by Crippen LogP contribution is 2.49. The summed E-state index contributed by atoms with van der Waals surface area (Å²) in [6.45, 7) is 15.5. The highest BCUT2D eigenvalue weighted by atomic mass is 35.5. The van der Waals surface area contributed by atoms with E-state index in [1.54, 1.807) is 58.9 Å². The number of methoxy groups -OCH3 is 1. The van der Waals surface area contributed by atoms with E-state index >= 15 is 0 Å². The first kappa shape index (κ1) is 41.5. The third kappa shape index (κ3) is 10.2. The number of halogens is 1. The van der Waals surface area contributed by atoms with E-state index in [2.05, 4.69) is 25.7 Å². The number of carbonyl (C=O) groups is 1. The Morgan fingerprint density at radius 2 is 1.69 bits per heavy atom. The van der Waals surface area contributed by atoms with E-state index in [9.17, 15) is 17.8 Å². The number of anilines is 4. The standard InChI is InChI=1S/C36H52ClN6O7PS/c1-22(2)49-32-19-28(27-14-16-43(17-15-27)51(45,21-48-9)42-26(8)35(44)50-23(3)4)25(7)18-31(32)40-36-38-20-29(37)34(41-36)39-30-12-10-11-13-33(30)52(46,47)24(5)6/h10-13,18-20,22-24,26-27H,14-17,21H2,1-9H3,(H,42,45)(H2,38,39,40,41). The molecule has 2 unspecified atom stereocenters. The van der Waals surface area contributed by atoms with Crippen molar-refractivity contribution in [3.8, 4) is 5.75 Å². The molecule has 0 amide bonds. The van der Waals surface area contributed by atoms with Crippen molar-refractivity contribution in [2.45, 2.75) is 103 Å². The average Bonchev–Trinajstić information content (AvgIpc) is 3.07. The number of piperidine rings is 1. The van der Waals surface area contributed by atoms with Crippen LogP contribution in [0.2, 0.25) is 5.02 Å². The molecule has 16 heteroatoms. The summed E-state index contributed by atoms with van der Waals surface area (Å²) in [5.41, 5.74) is 3.15. The molecule has 1 aliphatic heterocycles. The van der Waals surface area contributed by atoms with Gasteiger partial charge in [0.15, 0.2) is 15.7 Å². The van der Waals surface area contributed by atoms with Crippen LogP contribution in [0.3, 0.4) is 0 Å². The Morgan fingerprint density at radius 3 is 2.31 bits per heavy atom. The number of nitrogens with zero attached hydrogens (tertiary/aromatic N) is 3. The van der Waals surface area contributed by atoms with E-state index in [1.165, 1.54) is 13.3 Å². The summed E-state index contributed by atoms with van der Waals surface area (Å²) in [6, 6.07) is 9.91. The molecule has 52 heavy (non-hydrogen) atoms. The Balaban J connectivity index is 1.55. The minimum absolute atomic E-state index is 0.0315. The lowest BCUT2D eigenvalue weighted by Crippen LogP contribution is -2.42. The average molecular weight is 779 g/mol. The Kier molecular flexibility index (Phi) is 14.1. The van der Waals surface area contributed by atoms with Crippen molar-refractivity contribution in [2.24, 2.45) is 0 Å². The highest BCUT2D eigenvalue weighted by Gasteiger charge is 2.37. The van der Waals surface area contributed by atoms with E-state index in [0.29, 0.717) is 30.2 Å². The van der Waals surface area contributed by atoms with E-state index in [0.717, 1.165) is 24.0 Å². The number of esters is 1. The van der Waals surface area contributed by atoms with Crippen LogP contribution in [-0.2, 0) is 28.7 Å². The quantitative estimate of drug-likeness (QED) is 0.0955. The summed E-state index contributed by atoms with van der Waals surface area (Å²) in [6.07, 6.45) is 2.48. The molecule has 0 saturated carbocycles. The van der Waals surface area contributed by atoms with Crippen LogP contribution in [0.5, 0.6) is 5.75 Å². The molecule has 0 bridgehead atoms. The molecule has 2 heterocycles. The molecular weight excluding hydrogens is 727 g/mol. The van der Waals surface area contributed by atoms with E-state index < -0.39 is 34.5 Å². The van der Waals surface area contributed by atoms with E-state index in [1.807, 2.05) is 37.6 Å². The maximum Gasteiger partial charge on any atom is 0.323 e. The zero-order valence-electron chi connectivity index (χ0n) is 31.4. The van der Waals surface area contributed by atoms with Crippen molar-refractivity contribution in [1.82, 2.24) is 19.7 Å². The predicted molar refractivity (Wildman–Crippen MR) is 206 cm³/mol. The second-order valence-corrected chi connectivity index (χ2v) is 19.2. The third-order valence-electron chi connectivity index (χ3n) is 8.56. The van der Waals surface area contributed by atoms with Crippen molar-refractivity contribution in [3.05, 3.63) is 58.7 Å². The molecule has 1 aliphatic rings. The normalized spacial score (nSPS) is 16.2. The van der Waals surface area contributed by atoms with E-state index in [-0.39, 0.29) is 46.2 Å². The molecule has 286 valence electrons. The summed E-state index contributed by atoms with van der Waals surface area (Å²) < 4.78 is 59.0. The van der Waals surface area contributed by atoms with Gasteiger partial charge < -0.3 is 24.8 Å². The fraction of sp³-hybridized carbons (Fsp3) is 0.528. The van der Waals surface area contributed by atoms with Crippen LogP contribution < -0.4 is 20.5 Å². The highest BCUT2D eigenvalue weighted by molar-refractivity contribution is 7.92. The topological polar surface area (TPSA) is 161 Å². The molecule has 4 rings (SSSR count). The lowest BCUT2D eigenvalue weighted by Gasteiger charge is -2.38. The molecule has 0 spiro atoms. The molecule has 2 aromatic carbocycles. The Morgan fingerprint density at radius 1 is 1.02 bits per heavy atom. The van der Waals surface area contributed by atoms with Crippen LogP contribution in [-0.4, -0.2) is 79.1 Å². The Bertz CT molecular complexity index is 1870. The fourth-order valence-electron chi connectivity index (χ4n) is 5.99. The summed E-state index contributed by atoms with van der Waals surface area (Å²) in [4.78, 5) is 21.6. The molecule has 3 N–H and O–H groups in total. The molecule has 3 aromatic rings. The maximum absolute atomic E-state index is 14.1. The number of hydrogen-bond donors (Lipinski definition) is 3. The van der Waals surface area contributed by atoms with Gasteiger partial charge in [-0.05, 0) is 110 Å². The summed E-state index contributed by atoms with van der Waals surface area (Å²) in [5.74, 6) is 0.802. The van der Waals surface area contributed by atoms with Gasteiger partial charge in [-0.15, -0.1) is 0 Å². The van der Waals surface area contributed by atoms with Gasteiger partial charge in [0.05, 0.1) is 39.9 Å². The maximum atomic E-state index is 14.1. The number of benzene rings is 2. The number of para-hydroxylation sites is 1. The van der Waals surface area contributed by atoms with Crippen LogP contribution >= 0.6 is 19.0 Å². The monoisotopic (exact) mass is 778 g/mol. The zero-order valence-corrected chi connectivity index (χ0v) is 33.9. The van der Waals surface area contributed by atoms with Gasteiger partial charge in [0.25, 0.3) is 0 Å². The lowest BCUT2D eigenvalue weighted by atomic mass is 9.87. The van der Waals surface area contributed by atoms with Crippen molar-refractivity contribution in [2.75, 3.05) is 37.2 Å². The van der Waals surface area contributed by atoms with Crippen LogP contribution in [0.25, 0.3) is 0 Å². The van der Waals surface area contributed by atoms with Crippen molar-refractivity contribution in [3.63, 3.8) is 0 Å². The molecule has 1 aromatic heterocycles. The molecule has 1 fully saturated rings. The van der Waals surface area contributed by atoms with Gasteiger partial charge in [-0.2, -0.15) is 4.98 Å². The van der Waals surface area contributed by atoms with Crippen molar-refractivity contribution < 1.29 is 32.0 Å². The van der Waals surface area contributed by atoms with Gasteiger partial charge in [0, 0.05) is 20.2 Å². The SMILES string of the molecule is COCP(=O)(NC(C)C(=O)OC(C)C)N1CCC(c2cc(OC(C)C)c(Nc3ncc(Cl)c(Nc4ccccc4S(=O)(=O)C(C)C)n3)cc2C)CC1. The number of ether oxygens (including phenoxy) is 3. The fourth-order valence-corrected chi connectivity index (χ4v) is 9.67. The van der Waals surface area contributed by atoms with E-state index in [4.69, 9.17) is 25.8 Å². The van der Waals surface area contributed by atoms with Gasteiger partial charge in [-0.25, -0.2) is 23.2 Å². The number of rotatable bonds is 16. The second-order valence-electron chi connectivity index (χ2n) is 13.8. The van der Waals surface area contributed by atoms with Crippen molar-refractivity contribution in [1.29, 1.82) is 0 Å². The molecule has 2 atom stereocenters. The minimum atomic E-state index is -3.58. The molecule has 0 radical (unpaired) electrons. The first-order valence-corrected chi connectivity index (χ1v) is 21.2. The number of carbonyl (C=O) groups excluding carboxylic acids is 1. The number of nitrogens with one attached hydrogen (secondary N) is 3. The molecule has 1 saturated heterocycles. The smallest absolute Gasteiger partial charge is 0.323 e.